The first-order chi connectivity index (χ1) is 7.63. The molecule has 0 N–H and O–H groups in total. The van der Waals surface area contributed by atoms with Crippen molar-refractivity contribution in [3.63, 3.8) is 0 Å². The Morgan fingerprint density at radius 3 is 2.25 bits per heavy atom. The number of ether oxygens (including phenoxy) is 1. The van der Waals surface area contributed by atoms with Crippen molar-refractivity contribution in [1.29, 1.82) is 0 Å². The Kier molecular flexibility index (Phi) is 2.88. The summed E-state index contributed by atoms with van der Waals surface area (Å²) in [6.45, 7) is 3.91. The number of hydrogen-bond acceptors (Lipinski definition) is 2. The van der Waals surface area contributed by atoms with Crippen LogP contribution in [0, 0.1) is 13.8 Å². The topological polar surface area (TPSA) is 27.1 Å². The molecule has 0 atom stereocenters. The summed E-state index contributed by atoms with van der Waals surface area (Å²) in [4.78, 5) is 0. The zero-order chi connectivity index (χ0) is 11.7. The highest BCUT2D eigenvalue weighted by molar-refractivity contribution is 6.30. The van der Waals surface area contributed by atoms with E-state index >= 15 is 0 Å². The Bertz CT molecular complexity index is 502. The highest BCUT2D eigenvalue weighted by Gasteiger charge is 2.10. The summed E-state index contributed by atoms with van der Waals surface area (Å²) < 4.78 is 6.83. The lowest BCUT2D eigenvalue weighted by atomic mass is 10.3. The second-order valence-electron chi connectivity index (χ2n) is 3.61. The van der Waals surface area contributed by atoms with Crippen molar-refractivity contribution in [2.24, 2.45) is 0 Å². The van der Waals surface area contributed by atoms with Crippen LogP contribution in [0.5, 0.6) is 5.75 Å². The van der Waals surface area contributed by atoms with Gasteiger partial charge in [-0.1, -0.05) is 11.6 Å². The van der Waals surface area contributed by atoms with Gasteiger partial charge in [-0.3, -0.25) is 0 Å². The van der Waals surface area contributed by atoms with Crippen LogP contribution in [-0.4, -0.2) is 16.9 Å². The second-order valence-corrected chi connectivity index (χ2v) is 3.97. The van der Waals surface area contributed by atoms with Gasteiger partial charge in [-0.15, -0.1) is 0 Å². The van der Waals surface area contributed by atoms with E-state index in [0.29, 0.717) is 5.15 Å². The SMILES string of the molecule is COc1ccc(-n2nc(C)c(C)c2Cl)cc1. The average Bonchev–Trinajstić information content (AvgIpc) is 2.57. The van der Waals surface area contributed by atoms with Gasteiger partial charge in [-0.25, -0.2) is 4.68 Å². The first-order valence-corrected chi connectivity index (χ1v) is 5.37. The largest absolute Gasteiger partial charge is 0.497 e. The lowest BCUT2D eigenvalue weighted by molar-refractivity contribution is 0.414. The monoisotopic (exact) mass is 236 g/mol. The van der Waals surface area contributed by atoms with Gasteiger partial charge in [0.25, 0.3) is 0 Å². The lowest BCUT2D eigenvalue weighted by Crippen LogP contribution is -1.96. The minimum absolute atomic E-state index is 0.655. The maximum atomic E-state index is 6.19. The Labute approximate surface area is 99.6 Å². The molecule has 0 radical (unpaired) electrons. The fourth-order valence-electron chi connectivity index (χ4n) is 1.47. The fourth-order valence-corrected chi connectivity index (χ4v) is 1.74. The van der Waals surface area contributed by atoms with Crippen molar-refractivity contribution in [1.82, 2.24) is 9.78 Å². The summed E-state index contributed by atoms with van der Waals surface area (Å²) in [5.74, 6) is 0.820. The highest BCUT2D eigenvalue weighted by Crippen LogP contribution is 2.23. The van der Waals surface area contributed by atoms with Gasteiger partial charge in [0, 0.05) is 5.56 Å². The molecule has 1 aromatic heterocycles. The summed E-state index contributed by atoms with van der Waals surface area (Å²) >= 11 is 6.19. The minimum Gasteiger partial charge on any atom is -0.497 e. The minimum atomic E-state index is 0.655. The zero-order valence-corrected chi connectivity index (χ0v) is 10.2. The van der Waals surface area contributed by atoms with E-state index in [2.05, 4.69) is 5.10 Å². The number of aromatic nitrogens is 2. The molecule has 0 saturated carbocycles. The second kappa shape index (κ2) is 4.18. The molecule has 84 valence electrons. The van der Waals surface area contributed by atoms with E-state index in [1.165, 1.54) is 0 Å². The zero-order valence-electron chi connectivity index (χ0n) is 9.49. The summed E-state index contributed by atoms with van der Waals surface area (Å²) in [6, 6.07) is 7.63. The highest BCUT2D eigenvalue weighted by atomic mass is 35.5. The molecule has 0 fully saturated rings. The Balaban J connectivity index is 2.46. The standard InChI is InChI=1S/C12H13ClN2O/c1-8-9(2)14-15(12(8)13)10-4-6-11(16-3)7-5-10/h4-7H,1-3H3. The Morgan fingerprint density at radius 2 is 1.81 bits per heavy atom. The molecular formula is C12H13ClN2O. The third-order valence-electron chi connectivity index (χ3n) is 2.61. The number of hydrogen-bond donors (Lipinski definition) is 0. The maximum absolute atomic E-state index is 6.19. The lowest BCUT2D eigenvalue weighted by Gasteiger charge is -2.04. The maximum Gasteiger partial charge on any atom is 0.136 e. The molecule has 0 spiro atoms. The van der Waals surface area contributed by atoms with Crippen molar-refractivity contribution in [2.45, 2.75) is 13.8 Å². The summed E-state index contributed by atoms with van der Waals surface area (Å²) in [7, 11) is 1.64. The van der Waals surface area contributed by atoms with Gasteiger partial charge in [0.1, 0.15) is 10.9 Å². The molecule has 2 aromatic rings. The van der Waals surface area contributed by atoms with Crippen molar-refractivity contribution < 1.29 is 4.74 Å². The number of aryl methyl sites for hydroxylation is 1. The summed E-state index contributed by atoms with van der Waals surface area (Å²) in [6.07, 6.45) is 0. The van der Waals surface area contributed by atoms with Crippen LogP contribution in [0.25, 0.3) is 5.69 Å². The van der Waals surface area contributed by atoms with Crippen LogP contribution in [0.3, 0.4) is 0 Å². The molecule has 0 unspecified atom stereocenters. The van der Waals surface area contributed by atoms with Crippen molar-refractivity contribution in [3.05, 3.63) is 40.7 Å². The van der Waals surface area contributed by atoms with Crippen molar-refractivity contribution in [2.75, 3.05) is 7.11 Å². The number of nitrogens with zero attached hydrogens (tertiary/aromatic N) is 2. The number of rotatable bonds is 2. The predicted molar refractivity (Wildman–Crippen MR) is 64.6 cm³/mol. The molecular weight excluding hydrogens is 224 g/mol. The molecule has 0 saturated heterocycles. The first kappa shape index (κ1) is 11.0. The van der Waals surface area contributed by atoms with Gasteiger partial charge in [-0.2, -0.15) is 5.10 Å². The molecule has 1 heterocycles. The third-order valence-corrected chi connectivity index (χ3v) is 3.05. The van der Waals surface area contributed by atoms with Gasteiger partial charge in [0.05, 0.1) is 18.5 Å². The molecule has 4 heteroatoms. The summed E-state index contributed by atoms with van der Waals surface area (Å²) in [5.41, 5.74) is 2.89. The van der Waals surface area contributed by atoms with Gasteiger partial charge < -0.3 is 4.74 Å². The third kappa shape index (κ3) is 1.78. The predicted octanol–water partition coefficient (Wildman–Crippen LogP) is 3.15. The summed E-state index contributed by atoms with van der Waals surface area (Å²) in [5, 5.41) is 5.03. The van der Waals surface area contributed by atoms with Crippen LogP contribution in [0.4, 0.5) is 0 Å². The Hall–Kier alpha value is -1.48. The van der Waals surface area contributed by atoms with E-state index in [-0.39, 0.29) is 0 Å². The number of benzene rings is 1. The van der Waals surface area contributed by atoms with E-state index in [1.54, 1.807) is 11.8 Å². The molecule has 0 aliphatic rings. The molecule has 2 rings (SSSR count). The molecule has 0 amide bonds. The van der Waals surface area contributed by atoms with Crippen LogP contribution in [0.2, 0.25) is 5.15 Å². The van der Waals surface area contributed by atoms with Gasteiger partial charge in [-0.05, 0) is 38.1 Å². The van der Waals surface area contributed by atoms with Gasteiger partial charge >= 0.3 is 0 Å². The molecule has 0 bridgehead atoms. The van der Waals surface area contributed by atoms with Crippen molar-refractivity contribution >= 4 is 11.6 Å². The molecule has 0 aliphatic heterocycles. The smallest absolute Gasteiger partial charge is 0.136 e. The van der Waals surface area contributed by atoms with E-state index in [4.69, 9.17) is 16.3 Å². The quantitative estimate of drug-likeness (QED) is 0.801. The molecule has 0 aliphatic carbocycles. The van der Waals surface area contributed by atoms with Gasteiger partial charge in [0.15, 0.2) is 0 Å². The van der Waals surface area contributed by atoms with Crippen LogP contribution < -0.4 is 4.74 Å². The van der Waals surface area contributed by atoms with Crippen LogP contribution in [0.15, 0.2) is 24.3 Å². The van der Waals surface area contributed by atoms with Crippen LogP contribution >= 0.6 is 11.6 Å². The van der Waals surface area contributed by atoms with E-state index < -0.39 is 0 Å². The van der Waals surface area contributed by atoms with Crippen molar-refractivity contribution in [3.8, 4) is 11.4 Å². The van der Waals surface area contributed by atoms with E-state index in [1.807, 2.05) is 38.1 Å². The normalized spacial score (nSPS) is 10.5. The fraction of sp³-hybridized carbons (Fsp3) is 0.250. The average molecular weight is 237 g/mol. The molecule has 16 heavy (non-hydrogen) atoms. The van der Waals surface area contributed by atoms with E-state index in [9.17, 15) is 0 Å². The Morgan fingerprint density at radius 1 is 1.19 bits per heavy atom. The van der Waals surface area contributed by atoms with Gasteiger partial charge in [0.2, 0.25) is 0 Å². The van der Waals surface area contributed by atoms with E-state index in [0.717, 1.165) is 22.7 Å². The van der Waals surface area contributed by atoms with Crippen LogP contribution in [0.1, 0.15) is 11.3 Å². The molecule has 3 nitrogen and oxygen atoms in total. The number of methoxy groups -OCH3 is 1. The van der Waals surface area contributed by atoms with Crippen LogP contribution in [-0.2, 0) is 0 Å². The first-order valence-electron chi connectivity index (χ1n) is 4.99. The molecule has 1 aromatic carbocycles. The number of halogens is 1.